The summed E-state index contributed by atoms with van der Waals surface area (Å²) in [4.78, 5) is 20.5. The molecule has 0 amide bonds. The van der Waals surface area contributed by atoms with Crippen molar-refractivity contribution in [3.05, 3.63) is 58.8 Å². The molecule has 4 heterocycles. The van der Waals surface area contributed by atoms with E-state index in [1.165, 1.54) is 12.8 Å². The number of pyridine rings is 2. The zero-order valence-corrected chi connectivity index (χ0v) is 20.1. The first-order valence-electron chi connectivity index (χ1n) is 12.3. The predicted molar refractivity (Wildman–Crippen MR) is 135 cm³/mol. The predicted octanol–water partition coefficient (Wildman–Crippen LogP) is 5.08. The molecule has 0 radical (unpaired) electrons. The first-order chi connectivity index (χ1) is 16.1. The molecule has 2 aliphatic rings. The van der Waals surface area contributed by atoms with Gasteiger partial charge in [-0.1, -0.05) is 13.8 Å². The monoisotopic (exact) mass is 443 g/mol. The second-order valence-corrected chi connectivity index (χ2v) is 9.22. The van der Waals surface area contributed by atoms with Crippen LogP contribution in [0.3, 0.4) is 0 Å². The topological polar surface area (TPSA) is 56.0 Å². The summed E-state index contributed by atoms with van der Waals surface area (Å²) in [5.74, 6) is 0. The van der Waals surface area contributed by atoms with Crippen molar-refractivity contribution in [2.45, 2.75) is 58.5 Å². The van der Waals surface area contributed by atoms with Gasteiger partial charge >= 0.3 is 0 Å². The fraction of sp³-hybridized carbons (Fsp3) is 0.444. The molecule has 0 bridgehead atoms. The van der Waals surface area contributed by atoms with E-state index in [2.05, 4.69) is 40.1 Å². The summed E-state index contributed by atoms with van der Waals surface area (Å²) in [5, 5.41) is 7.29. The average molecular weight is 444 g/mol. The molecule has 0 spiro atoms. The lowest BCUT2D eigenvalue weighted by molar-refractivity contribution is 0.177. The maximum Gasteiger partial charge on any atom is 0.260 e. The molecule has 6 rings (SSSR count). The lowest BCUT2D eigenvalue weighted by Gasteiger charge is -2.33. The fourth-order valence-electron chi connectivity index (χ4n) is 5.15. The van der Waals surface area contributed by atoms with E-state index in [1.54, 1.807) is 6.20 Å². The number of rotatable bonds is 3. The Balaban J connectivity index is 0.00000111. The van der Waals surface area contributed by atoms with Crippen molar-refractivity contribution in [3.63, 3.8) is 0 Å². The van der Waals surface area contributed by atoms with Gasteiger partial charge in [-0.2, -0.15) is 5.10 Å². The highest BCUT2D eigenvalue weighted by Gasteiger charge is 2.32. The Morgan fingerprint density at radius 3 is 2.45 bits per heavy atom. The van der Waals surface area contributed by atoms with Crippen LogP contribution in [0.4, 0.5) is 0 Å². The lowest BCUT2D eigenvalue weighted by atomic mass is 10.0. The standard InChI is InChI=1S/C25H27N5O.C2H6/c1-16-11-18(12-19-15-28(2)27-24(16)19)23-13-17-5-10-30(25(31)22(17)14-26-23)21-6-8-29(9-7-21)20-3-4-20;1-2/h5,10-15,20-21H,3-4,6-9H2,1-2H3;1-2H3. The molecular formula is C27H33N5O. The first-order valence-corrected chi connectivity index (χ1v) is 12.3. The van der Waals surface area contributed by atoms with Gasteiger partial charge in [-0.25, -0.2) is 0 Å². The van der Waals surface area contributed by atoms with Gasteiger partial charge in [0.15, 0.2) is 0 Å². The molecule has 2 fully saturated rings. The molecule has 1 aromatic carbocycles. The van der Waals surface area contributed by atoms with Crippen molar-refractivity contribution in [2.24, 2.45) is 7.05 Å². The molecule has 0 unspecified atom stereocenters. The van der Waals surface area contributed by atoms with E-state index in [1.807, 2.05) is 48.6 Å². The minimum atomic E-state index is 0.0836. The Hall–Kier alpha value is -2.99. The molecule has 6 nitrogen and oxygen atoms in total. The van der Waals surface area contributed by atoms with Gasteiger partial charge in [-0.15, -0.1) is 0 Å². The smallest absolute Gasteiger partial charge is 0.260 e. The van der Waals surface area contributed by atoms with Gasteiger partial charge in [-0.05, 0) is 67.8 Å². The molecule has 1 aliphatic heterocycles. The fourth-order valence-corrected chi connectivity index (χ4v) is 5.15. The summed E-state index contributed by atoms with van der Waals surface area (Å²) in [6, 6.07) is 9.46. The van der Waals surface area contributed by atoms with Crippen molar-refractivity contribution >= 4 is 21.7 Å². The number of hydrogen-bond donors (Lipinski definition) is 0. The first kappa shape index (κ1) is 21.8. The summed E-state index contributed by atoms with van der Waals surface area (Å²) in [5.41, 5.74) is 4.17. The van der Waals surface area contributed by atoms with Crippen LogP contribution < -0.4 is 5.56 Å². The largest absolute Gasteiger partial charge is 0.312 e. The van der Waals surface area contributed by atoms with Gasteiger partial charge in [0, 0.05) is 61.8 Å². The van der Waals surface area contributed by atoms with Crippen molar-refractivity contribution in [3.8, 4) is 11.3 Å². The third-order valence-electron chi connectivity index (χ3n) is 6.98. The third-order valence-corrected chi connectivity index (χ3v) is 6.98. The molecule has 172 valence electrons. The van der Waals surface area contributed by atoms with E-state index in [9.17, 15) is 4.79 Å². The highest BCUT2D eigenvalue weighted by molar-refractivity contribution is 5.89. The summed E-state index contributed by atoms with van der Waals surface area (Å²) in [6.07, 6.45) is 10.6. The van der Waals surface area contributed by atoms with Crippen LogP contribution in [-0.4, -0.2) is 43.4 Å². The molecule has 3 aromatic heterocycles. The number of aryl methyl sites for hydroxylation is 2. The summed E-state index contributed by atoms with van der Waals surface area (Å²) >= 11 is 0. The molecular weight excluding hydrogens is 410 g/mol. The molecule has 1 saturated carbocycles. The quantitative estimate of drug-likeness (QED) is 0.443. The maximum atomic E-state index is 13.2. The van der Waals surface area contributed by atoms with Gasteiger partial charge in [0.25, 0.3) is 5.56 Å². The normalized spacial score (nSPS) is 17.3. The van der Waals surface area contributed by atoms with Crippen LogP contribution in [0, 0.1) is 6.92 Å². The zero-order chi connectivity index (χ0) is 23.1. The van der Waals surface area contributed by atoms with Gasteiger partial charge in [0.05, 0.1) is 16.6 Å². The zero-order valence-electron chi connectivity index (χ0n) is 20.1. The van der Waals surface area contributed by atoms with Crippen molar-refractivity contribution < 1.29 is 0 Å². The minimum Gasteiger partial charge on any atom is -0.312 e. The number of benzene rings is 1. The van der Waals surface area contributed by atoms with Crippen LogP contribution in [0.5, 0.6) is 0 Å². The second-order valence-electron chi connectivity index (χ2n) is 9.22. The summed E-state index contributed by atoms with van der Waals surface area (Å²) in [6.45, 7) is 8.29. The number of nitrogens with zero attached hydrogens (tertiary/aromatic N) is 5. The number of hydrogen-bond acceptors (Lipinski definition) is 4. The van der Waals surface area contributed by atoms with E-state index in [0.29, 0.717) is 11.4 Å². The Morgan fingerprint density at radius 1 is 0.970 bits per heavy atom. The van der Waals surface area contributed by atoms with Crippen LogP contribution in [0.15, 0.2) is 47.7 Å². The van der Waals surface area contributed by atoms with Crippen LogP contribution in [0.25, 0.3) is 32.9 Å². The Kier molecular flexibility index (Phi) is 5.79. The molecule has 6 heteroatoms. The van der Waals surface area contributed by atoms with Gasteiger partial charge < -0.3 is 9.47 Å². The van der Waals surface area contributed by atoms with Crippen LogP contribution >= 0.6 is 0 Å². The summed E-state index contributed by atoms with van der Waals surface area (Å²) < 4.78 is 3.78. The Morgan fingerprint density at radius 2 is 1.73 bits per heavy atom. The molecule has 4 aromatic rings. The number of fused-ring (bicyclic) bond motifs is 2. The highest BCUT2D eigenvalue weighted by Crippen LogP contribution is 2.32. The van der Waals surface area contributed by atoms with Gasteiger partial charge in [0.2, 0.25) is 0 Å². The van der Waals surface area contributed by atoms with E-state index in [4.69, 9.17) is 0 Å². The molecule has 1 saturated heterocycles. The van der Waals surface area contributed by atoms with Crippen molar-refractivity contribution in [2.75, 3.05) is 13.1 Å². The molecule has 33 heavy (non-hydrogen) atoms. The molecule has 1 aliphatic carbocycles. The maximum absolute atomic E-state index is 13.2. The van der Waals surface area contributed by atoms with Crippen molar-refractivity contribution in [1.82, 2.24) is 24.2 Å². The van der Waals surface area contributed by atoms with E-state index in [0.717, 1.165) is 65.1 Å². The molecule has 0 atom stereocenters. The van der Waals surface area contributed by atoms with Crippen molar-refractivity contribution in [1.29, 1.82) is 0 Å². The number of likely N-dealkylation sites (tertiary alicyclic amines) is 1. The average Bonchev–Trinajstić information content (AvgIpc) is 3.62. The number of piperidine rings is 1. The Labute approximate surface area is 194 Å². The van der Waals surface area contributed by atoms with E-state index in [-0.39, 0.29) is 5.56 Å². The van der Waals surface area contributed by atoms with Crippen LogP contribution in [0.2, 0.25) is 0 Å². The summed E-state index contributed by atoms with van der Waals surface area (Å²) in [7, 11) is 1.94. The minimum absolute atomic E-state index is 0.0836. The SMILES string of the molecule is CC.Cc1cc(-c2cc3ccn(C4CCN(C5CC5)CC4)c(=O)c3cn2)cc2cn(C)nc12. The Bertz CT molecular complexity index is 1360. The number of aromatic nitrogens is 4. The van der Waals surface area contributed by atoms with E-state index < -0.39 is 0 Å². The third kappa shape index (κ3) is 4.08. The lowest BCUT2D eigenvalue weighted by Crippen LogP contribution is -2.38. The van der Waals surface area contributed by atoms with E-state index >= 15 is 0 Å². The van der Waals surface area contributed by atoms with Gasteiger partial charge in [-0.3, -0.25) is 14.5 Å². The highest BCUT2D eigenvalue weighted by atomic mass is 16.1. The molecule has 0 N–H and O–H groups in total. The van der Waals surface area contributed by atoms with Crippen LogP contribution in [0.1, 0.15) is 51.1 Å². The second kappa shape index (κ2) is 8.75. The van der Waals surface area contributed by atoms with Crippen LogP contribution in [-0.2, 0) is 7.05 Å². The van der Waals surface area contributed by atoms with Gasteiger partial charge in [0.1, 0.15) is 0 Å².